The molecule has 0 aromatic heterocycles. The minimum atomic E-state index is -1.20. The molecule has 0 heterocycles. The Labute approximate surface area is 68.6 Å². The number of nitrogens with two attached hydrogens (primary N) is 1. The number of nitrogen functional groups attached to an aromatic ring is 1. The van der Waals surface area contributed by atoms with E-state index in [0.717, 1.165) is 6.07 Å². The zero-order valence-electron chi connectivity index (χ0n) is 6.47. The first kappa shape index (κ1) is 8.52. The maximum atomic E-state index is 12.8. The van der Waals surface area contributed by atoms with Gasteiger partial charge in [0.2, 0.25) is 0 Å². The molecule has 4 heteroatoms. The summed E-state index contributed by atoms with van der Waals surface area (Å²) >= 11 is 0. The molecule has 0 bridgehead atoms. The second-order valence-electron chi connectivity index (χ2n) is 2.44. The average molecular weight is 169 g/mol. The van der Waals surface area contributed by atoms with Crippen molar-refractivity contribution < 1.29 is 14.3 Å². The number of carbonyl (C=O) groups is 1. The topological polar surface area (TPSA) is 63.3 Å². The lowest BCUT2D eigenvalue weighted by Crippen LogP contribution is -2.06. The van der Waals surface area contributed by atoms with Gasteiger partial charge in [-0.1, -0.05) is 0 Å². The van der Waals surface area contributed by atoms with E-state index in [-0.39, 0.29) is 16.8 Å². The molecule has 3 nitrogen and oxygen atoms in total. The summed E-state index contributed by atoms with van der Waals surface area (Å²) in [5.41, 5.74) is 5.34. The molecule has 0 aliphatic carbocycles. The molecule has 3 N–H and O–H groups in total. The molecular formula is C8H8FNO2. The lowest BCUT2D eigenvalue weighted by Gasteiger charge is -2.04. The monoisotopic (exact) mass is 169 g/mol. The van der Waals surface area contributed by atoms with Crippen LogP contribution in [0.15, 0.2) is 12.1 Å². The third-order valence-corrected chi connectivity index (χ3v) is 1.65. The van der Waals surface area contributed by atoms with E-state index in [1.807, 2.05) is 0 Å². The molecule has 64 valence electrons. The van der Waals surface area contributed by atoms with Crippen molar-refractivity contribution in [3.63, 3.8) is 0 Å². The van der Waals surface area contributed by atoms with E-state index in [4.69, 9.17) is 10.8 Å². The van der Waals surface area contributed by atoms with E-state index >= 15 is 0 Å². The fourth-order valence-corrected chi connectivity index (χ4v) is 0.991. The zero-order chi connectivity index (χ0) is 9.30. The van der Waals surface area contributed by atoms with Crippen LogP contribution in [0.4, 0.5) is 10.1 Å². The van der Waals surface area contributed by atoms with E-state index in [1.165, 1.54) is 13.0 Å². The van der Waals surface area contributed by atoms with Crippen molar-refractivity contribution in [3.8, 4) is 0 Å². The number of benzene rings is 1. The molecule has 0 amide bonds. The predicted molar refractivity (Wildman–Crippen MR) is 42.5 cm³/mol. The number of rotatable bonds is 1. The van der Waals surface area contributed by atoms with Gasteiger partial charge in [0.15, 0.2) is 0 Å². The van der Waals surface area contributed by atoms with Gasteiger partial charge < -0.3 is 10.8 Å². The molecule has 0 saturated carbocycles. The van der Waals surface area contributed by atoms with Crippen molar-refractivity contribution in [2.45, 2.75) is 6.92 Å². The van der Waals surface area contributed by atoms with Crippen LogP contribution in [0, 0.1) is 12.7 Å². The lowest BCUT2D eigenvalue weighted by atomic mass is 10.1. The van der Waals surface area contributed by atoms with E-state index in [2.05, 4.69) is 0 Å². The number of halogens is 1. The molecule has 0 spiro atoms. The second-order valence-corrected chi connectivity index (χ2v) is 2.44. The largest absolute Gasteiger partial charge is 0.478 e. The highest BCUT2D eigenvalue weighted by atomic mass is 19.1. The molecule has 1 rings (SSSR count). The summed E-state index contributed by atoms with van der Waals surface area (Å²) in [6.07, 6.45) is 0. The Morgan fingerprint density at radius 3 is 2.58 bits per heavy atom. The van der Waals surface area contributed by atoms with Crippen LogP contribution in [0.1, 0.15) is 15.9 Å². The Morgan fingerprint density at radius 2 is 2.17 bits per heavy atom. The summed E-state index contributed by atoms with van der Waals surface area (Å²) in [6, 6.07) is 2.39. The summed E-state index contributed by atoms with van der Waals surface area (Å²) in [4.78, 5) is 10.5. The Morgan fingerprint density at radius 1 is 1.58 bits per heavy atom. The maximum absolute atomic E-state index is 12.8. The van der Waals surface area contributed by atoms with E-state index in [1.54, 1.807) is 0 Å². The minimum Gasteiger partial charge on any atom is -0.478 e. The normalized spacial score (nSPS) is 9.83. The smallest absolute Gasteiger partial charge is 0.338 e. The van der Waals surface area contributed by atoms with Gasteiger partial charge in [-0.05, 0) is 19.1 Å². The van der Waals surface area contributed by atoms with Gasteiger partial charge in [0.05, 0.1) is 5.56 Å². The highest BCUT2D eigenvalue weighted by Crippen LogP contribution is 2.18. The standard InChI is InChI=1S/C8H8FNO2/c1-4-5(9)2-3-6(10)7(4)8(11)12/h2-3H,10H2,1H3,(H,11,12). The summed E-state index contributed by atoms with van der Waals surface area (Å²) in [5.74, 6) is -1.76. The summed E-state index contributed by atoms with van der Waals surface area (Å²) in [6.45, 7) is 1.38. The third kappa shape index (κ3) is 1.23. The number of hydrogen-bond donors (Lipinski definition) is 2. The van der Waals surface area contributed by atoms with Crippen LogP contribution in [-0.2, 0) is 0 Å². The summed E-state index contributed by atoms with van der Waals surface area (Å²) in [7, 11) is 0. The van der Waals surface area contributed by atoms with E-state index in [0.29, 0.717) is 0 Å². The Bertz CT molecular complexity index is 336. The molecule has 1 aromatic carbocycles. The van der Waals surface area contributed by atoms with Crippen molar-refractivity contribution in [1.29, 1.82) is 0 Å². The van der Waals surface area contributed by atoms with Crippen molar-refractivity contribution in [1.82, 2.24) is 0 Å². The number of carboxylic acids is 1. The molecule has 1 aromatic rings. The SMILES string of the molecule is Cc1c(F)ccc(N)c1C(=O)O. The molecule has 12 heavy (non-hydrogen) atoms. The molecule has 0 aliphatic rings. The number of hydrogen-bond acceptors (Lipinski definition) is 2. The van der Waals surface area contributed by atoms with Gasteiger partial charge in [0.25, 0.3) is 0 Å². The summed E-state index contributed by atoms with van der Waals surface area (Å²) < 4.78 is 12.8. The first-order valence-electron chi connectivity index (χ1n) is 3.32. The van der Waals surface area contributed by atoms with Crippen molar-refractivity contribution in [3.05, 3.63) is 29.1 Å². The first-order valence-corrected chi connectivity index (χ1v) is 3.32. The Kier molecular flexibility index (Phi) is 1.99. The van der Waals surface area contributed by atoms with Crippen LogP contribution < -0.4 is 5.73 Å². The lowest BCUT2D eigenvalue weighted by molar-refractivity contribution is 0.0696. The molecule has 0 atom stereocenters. The quantitative estimate of drug-likeness (QED) is 0.625. The van der Waals surface area contributed by atoms with E-state index in [9.17, 15) is 9.18 Å². The zero-order valence-corrected chi connectivity index (χ0v) is 6.47. The van der Waals surface area contributed by atoms with Crippen LogP contribution in [0.25, 0.3) is 0 Å². The number of aromatic carboxylic acids is 1. The fraction of sp³-hybridized carbons (Fsp3) is 0.125. The van der Waals surface area contributed by atoms with E-state index < -0.39 is 11.8 Å². The number of anilines is 1. The van der Waals surface area contributed by atoms with Crippen LogP contribution in [0.2, 0.25) is 0 Å². The van der Waals surface area contributed by atoms with Crippen molar-refractivity contribution in [2.24, 2.45) is 0 Å². The third-order valence-electron chi connectivity index (χ3n) is 1.65. The average Bonchev–Trinajstić information content (AvgIpc) is 1.97. The van der Waals surface area contributed by atoms with Crippen LogP contribution in [0.5, 0.6) is 0 Å². The summed E-state index contributed by atoms with van der Waals surface area (Å²) in [5, 5.41) is 8.62. The van der Waals surface area contributed by atoms with Crippen LogP contribution >= 0.6 is 0 Å². The molecule has 0 aliphatic heterocycles. The highest BCUT2D eigenvalue weighted by molar-refractivity contribution is 5.95. The van der Waals surface area contributed by atoms with Gasteiger partial charge in [-0.25, -0.2) is 9.18 Å². The maximum Gasteiger partial charge on any atom is 0.338 e. The van der Waals surface area contributed by atoms with Crippen molar-refractivity contribution in [2.75, 3.05) is 5.73 Å². The van der Waals surface area contributed by atoms with Crippen molar-refractivity contribution >= 4 is 11.7 Å². The van der Waals surface area contributed by atoms with Crippen LogP contribution in [0.3, 0.4) is 0 Å². The van der Waals surface area contributed by atoms with Gasteiger partial charge in [-0.15, -0.1) is 0 Å². The molecule has 0 radical (unpaired) electrons. The second kappa shape index (κ2) is 2.81. The molecular weight excluding hydrogens is 161 g/mol. The predicted octanol–water partition coefficient (Wildman–Crippen LogP) is 1.41. The fourth-order valence-electron chi connectivity index (χ4n) is 0.991. The highest BCUT2D eigenvalue weighted by Gasteiger charge is 2.13. The van der Waals surface area contributed by atoms with Crippen LogP contribution in [-0.4, -0.2) is 11.1 Å². The van der Waals surface area contributed by atoms with Gasteiger partial charge in [0, 0.05) is 11.3 Å². The Balaban J connectivity index is 3.43. The molecule has 0 fully saturated rings. The van der Waals surface area contributed by atoms with Gasteiger partial charge in [0.1, 0.15) is 5.82 Å². The molecule has 0 saturated heterocycles. The minimum absolute atomic E-state index is 0.0718. The van der Waals surface area contributed by atoms with Gasteiger partial charge >= 0.3 is 5.97 Å². The van der Waals surface area contributed by atoms with Gasteiger partial charge in [-0.3, -0.25) is 0 Å². The molecule has 0 unspecified atom stereocenters. The first-order chi connectivity index (χ1) is 5.54. The number of carboxylic acid groups (broad SMARTS) is 1. The van der Waals surface area contributed by atoms with Gasteiger partial charge in [-0.2, -0.15) is 0 Å². The Hall–Kier alpha value is -1.58.